The molecule has 1 atom stereocenters. The summed E-state index contributed by atoms with van der Waals surface area (Å²) in [6.07, 6.45) is 3.31. The van der Waals surface area contributed by atoms with Gasteiger partial charge in [0.05, 0.1) is 16.3 Å². The Morgan fingerprint density at radius 3 is 3.00 bits per heavy atom. The first kappa shape index (κ1) is 15.7. The van der Waals surface area contributed by atoms with Gasteiger partial charge < -0.3 is 15.4 Å². The molecule has 1 aromatic carbocycles. The van der Waals surface area contributed by atoms with Gasteiger partial charge in [-0.1, -0.05) is 13.0 Å². The Bertz CT molecular complexity index is 456. The topological polar surface area (TPSA) is 38.5 Å². The second kappa shape index (κ2) is 7.38. The molecule has 1 aliphatic rings. The van der Waals surface area contributed by atoms with Crippen LogP contribution in [0, 0.1) is 5.82 Å². The maximum atomic E-state index is 14.4. The summed E-state index contributed by atoms with van der Waals surface area (Å²) in [5.41, 5.74) is 7.03. The SMILES string of the molecule is CCCOC1CCCN(c2ccc(CN)c(Br)c2F)C1. The molecule has 0 radical (unpaired) electrons. The lowest BCUT2D eigenvalue weighted by Crippen LogP contribution is -2.40. The number of nitrogens with zero attached hydrogens (tertiary/aromatic N) is 1. The quantitative estimate of drug-likeness (QED) is 0.889. The van der Waals surface area contributed by atoms with Crippen LogP contribution in [0.15, 0.2) is 16.6 Å². The van der Waals surface area contributed by atoms with Crippen molar-refractivity contribution in [1.29, 1.82) is 0 Å². The van der Waals surface area contributed by atoms with E-state index in [4.69, 9.17) is 10.5 Å². The van der Waals surface area contributed by atoms with E-state index in [0.717, 1.165) is 44.5 Å². The number of anilines is 1. The third-order valence-corrected chi connectivity index (χ3v) is 4.50. The van der Waals surface area contributed by atoms with Crippen LogP contribution < -0.4 is 10.6 Å². The molecule has 2 N–H and O–H groups in total. The summed E-state index contributed by atoms with van der Waals surface area (Å²) < 4.78 is 20.7. The van der Waals surface area contributed by atoms with Crippen LogP contribution in [-0.2, 0) is 11.3 Å². The zero-order valence-electron chi connectivity index (χ0n) is 11.9. The van der Waals surface area contributed by atoms with E-state index in [0.29, 0.717) is 16.7 Å². The molecule has 1 heterocycles. The van der Waals surface area contributed by atoms with E-state index in [1.165, 1.54) is 0 Å². The van der Waals surface area contributed by atoms with Crippen molar-refractivity contribution in [2.24, 2.45) is 5.73 Å². The molecule has 0 spiro atoms. The molecule has 3 nitrogen and oxygen atoms in total. The number of piperidine rings is 1. The normalized spacial score (nSPS) is 19.4. The van der Waals surface area contributed by atoms with Crippen LogP contribution in [0.2, 0.25) is 0 Å². The number of ether oxygens (including phenoxy) is 1. The molecule has 20 heavy (non-hydrogen) atoms. The number of rotatable bonds is 5. The average Bonchev–Trinajstić information content (AvgIpc) is 2.48. The highest BCUT2D eigenvalue weighted by Crippen LogP contribution is 2.31. The number of hydrogen-bond acceptors (Lipinski definition) is 3. The molecule has 0 amide bonds. The molecule has 1 aliphatic heterocycles. The Labute approximate surface area is 128 Å². The van der Waals surface area contributed by atoms with Crippen LogP contribution in [0.4, 0.5) is 10.1 Å². The van der Waals surface area contributed by atoms with Crippen molar-refractivity contribution in [3.63, 3.8) is 0 Å². The van der Waals surface area contributed by atoms with Gasteiger partial charge in [-0.25, -0.2) is 4.39 Å². The molecule has 2 rings (SSSR count). The first-order valence-electron chi connectivity index (χ1n) is 7.20. The predicted molar refractivity (Wildman–Crippen MR) is 83.5 cm³/mol. The van der Waals surface area contributed by atoms with Crippen molar-refractivity contribution in [3.8, 4) is 0 Å². The smallest absolute Gasteiger partial charge is 0.160 e. The van der Waals surface area contributed by atoms with Crippen molar-refractivity contribution in [2.75, 3.05) is 24.6 Å². The third kappa shape index (κ3) is 3.51. The van der Waals surface area contributed by atoms with E-state index >= 15 is 0 Å². The van der Waals surface area contributed by atoms with Gasteiger partial charge in [-0.05, 0) is 46.8 Å². The van der Waals surface area contributed by atoms with E-state index in [1.807, 2.05) is 12.1 Å². The zero-order valence-corrected chi connectivity index (χ0v) is 13.5. The van der Waals surface area contributed by atoms with Crippen LogP contribution in [0.3, 0.4) is 0 Å². The maximum absolute atomic E-state index is 14.4. The monoisotopic (exact) mass is 344 g/mol. The van der Waals surface area contributed by atoms with E-state index < -0.39 is 0 Å². The lowest BCUT2D eigenvalue weighted by atomic mass is 10.1. The van der Waals surface area contributed by atoms with Gasteiger partial charge in [-0.15, -0.1) is 0 Å². The van der Waals surface area contributed by atoms with Gasteiger partial charge in [-0.2, -0.15) is 0 Å². The molecule has 1 saturated heterocycles. The Kier molecular flexibility index (Phi) is 5.81. The van der Waals surface area contributed by atoms with Gasteiger partial charge in [0.25, 0.3) is 0 Å². The molecule has 5 heteroatoms. The fraction of sp³-hybridized carbons (Fsp3) is 0.600. The van der Waals surface area contributed by atoms with Gasteiger partial charge in [0.2, 0.25) is 0 Å². The summed E-state index contributed by atoms with van der Waals surface area (Å²) in [7, 11) is 0. The minimum absolute atomic E-state index is 0.205. The molecule has 1 fully saturated rings. The maximum Gasteiger partial charge on any atom is 0.160 e. The molecule has 1 aromatic rings. The molecular formula is C15H22BrFN2O. The van der Waals surface area contributed by atoms with Gasteiger partial charge in [-0.3, -0.25) is 0 Å². The van der Waals surface area contributed by atoms with E-state index in [9.17, 15) is 4.39 Å². The van der Waals surface area contributed by atoms with Crippen molar-refractivity contribution >= 4 is 21.6 Å². The van der Waals surface area contributed by atoms with Gasteiger partial charge in [0.1, 0.15) is 0 Å². The lowest BCUT2D eigenvalue weighted by molar-refractivity contribution is 0.0439. The molecule has 0 aromatic heterocycles. The fourth-order valence-electron chi connectivity index (χ4n) is 2.56. The Balaban J connectivity index is 2.12. The fourth-order valence-corrected chi connectivity index (χ4v) is 3.06. The molecule has 0 bridgehead atoms. The summed E-state index contributed by atoms with van der Waals surface area (Å²) in [5, 5.41) is 0. The van der Waals surface area contributed by atoms with Crippen molar-refractivity contribution in [3.05, 3.63) is 28.0 Å². The van der Waals surface area contributed by atoms with Gasteiger partial charge in [0, 0.05) is 26.2 Å². The van der Waals surface area contributed by atoms with Crippen LogP contribution in [0.5, 0.6) is 0 Å². The summed E-state index contributed by atoms with van der Waals surface area (Å²) in [6.45, 7) is 4.84. The van der Waals surface area contributed by atoms with Crippen LogP contribution in [-0.4, -0.2) is 25.8 Å². The first-order chi connectivity index (χ1) is 9.67. The molecular weight excluding hydrogens is 323 g/mol. The van der Waals surface area contributed by atoms with Crippen LogP contribution >= 0.6 is 15.9 Å². The predicted octanol–water partition coefficient (Wildman–Crippen LogP) is 3.44. The number of nitrogens with two attached hydrogens (primary N) is 1. The number of halogens is 2. The minimum Gasteiger partial charge on any atom is -0.376 e. The molecule has 112 valence electrons. The highest BCUT2D eigenvalue weighted by Gasteiger charge is 2.23. The minimum atomic E-state index is -0.218. The average molecular weight is 345 g/mol. The van der Waals surface area contributed by atoms with E-state index in [1.54, 1.807) is 0 Å². The summed E-state index contributed by atoms with van der Waals surface area (Å²) in [5.74, 6) is -0.218. The standard InChI is InChI=1S/C15H22BrFN2O/c1-2-8-20-12-4-3-7-19(10-12)13-6-5-11(9-18)14(16)15(13)17/h5-6,12H,2-4,7-10,18H2,1H3. The van der Waals surface area contributed by atoms with Crippen LogP contribution in [0.25, 0.3) is 0 Å². The number of hydrogen-bond donors (Lipinski definition) is 1. The second-order valence-electron chi connectivity index (χ2n) is 5.16. The summed E-state index contributed by atoms with van der Waals surface area (Å²) in [4.78, 5) is 2.07. The summed E-state index contributed by atoms with van der Waals surface area (Å²) in [6, 6.07) is 3.71. The van der Waals surface area contributed by atoms with Crippen molar-refractivity contribution in [2.45, 2.75) is 38.8 Å². The Hall–Kier alpha value is -0.650. The summed E-state index contributed by atoms with van der Waals surface area (Å²) >= 11 is 3.30. The highest BCUT2D eigenvalue weighted by atomic mass is 79.9. The Morgan fingerprint density at radius 2 is 2.30 bits per heavy atom. The van der Waals surface area contributed by atoms with Gasteiger partial charge >= 0.3 is 0 Å². The molecule has 0 aliphatic carbocycles. The molecule has 1 unspecified atom stereocenters. The van der Waals surface area contributed by atoms with E-state index in [-0.39, 0.29) is 11.9 Å². The Morgan fingerprint density at radius 1 is 1.50 bits per heavy atom. The molecule has 0 saturated carbocycles. The third-order valence-electron chi connectivity index (χ3n) is 3.64. The van der Waals surface area contributed by atoms with Crippen molar-refractivity contribution < 1.29 is 9.13 Å². The highest BCUT2D eigenvalue weighted by molar-refractivity contribution is 9.10. The number of benzene rings is 1. The van der Waals surface area contributed by atoms with Gasteiger partial charge in [0.15, 0.2) is 5.82 Å². The lowest BCUT2D eigenvalue weighted by Gasteiger charge is -2.34. The second-order valence-corrected chi connectivity index (χ2v) is 5.95. The van der Waals surface area contributed by atoms with Crippen molar-refractivity contribution in [1.82, 2.24) is 0 Å². The van der Waals surface area contributed by atoms with E-state index in [2.05, 4.69) is 27.8 Å². The largest absolute Gasteiger partial charge is 0.376 e. The van der Waals surface area contributed by atoms with Crippen LogP contribution in [0.1, 0.15) is 31.7 Å². The zero-order chi connectivity index (χ0) is 14.5. The first-order valence-corrected chi connectivity index (χ1v) is 8.00.